The Morgan fingerprint density at radius 3 is 2.94 bits per heavy atom. The smallest absolute Gasteiger partial charge is 0.306 e. The lowest BCUT2D eigenvalue weighted by Gasteiger charge is -2.37. The highest BCUT2D eigenvalue weighted by Crippen LogP contribution is 2.39. The molecule has 92 valence electrons. The predicted octanol–water partition coefficient (Wildman–Crippen LogP) is 1.78. The second kappa shape index (κ2) is 4.88. The van der Waals surface area contributed by atoms with Crippen LogP contribution in [-0.2, 0) is 21.4 Å². The Morgan fingerprint density at radius 2 is 2.24 bits per heavy atom. The molecule has 0 amide bonds. The number of ether oxygens (including phenoxy) is 1. The van der Waals surface area contributed by atoms with Crippen LogP contribution in [0.4, 0.5) is 0 Å². The number of methoxy groups -OCH3 is 1. The molecule has 0 spiro atoms. The summed E-state index contributed by atoms with van der Waals surface area (Å²) in [4.78, 5) is 11.6. The van der Waals surface area contributed by atoms with E-state index < -0.39 is 0 Å². The number of hydrogen-bond acceptors (Lipinski definition) is 3. The lowest BCUT2D eigenvalue weighted by atomic mass is 9.68. The molecule has 0 bridgehead atoms. The Morgan fingerprint density at radius 1 is 1.47 bits per heavy atom. The molecule has 0 heterocycles. The third kappa shape index (κ3) is 2.20. The molecule has 0 fully saturated rings. The molecule has 0 radical (unpaired) electrons. The van der Waals surface area contributed by atoms with E-state index in [1.54, 1.807) is 0 Å². The van der Waals surface area contributed by atoms with E-state index in [0.717, 1.165) is 19.3 Å². The minimum atomic E-state index is -0.220. The van der Waals surface area contributed by atoms with Crippen LogP contribution in [0.15, 0.2) is 24.3 Å². The fourth-order valence-electron chi connectivity index (χ4n) is 2.82. The molecule has 2 N–H and O–H groups in total. The highest BCUT2D eigenvalue weighted by Gasteiger charge is 2.37. The van der Waals surface area contributed by atoms with Crippen molar-refractivity contribution in [3.63, 3.8) is 0 Å². The van der Waals surface area contributed by atoms with Gasteiger partial charge in [-0.15, -0.1) is 0 Å². The van der Waals surface area contributed by atoms with Gasteiger partial charge < -0.3 is 10.5 Å². The summed E-state index contributed by atoms with van der Waals surface area (Å²) in [7, 11) is 1.43. The average molecular weight is 233 g/mol. The van der Waals surface area contributed by atoms with Crippen LogP contribution in [0.2, 0.25) is 0 Å². The van der Waals surface area contributed by atoms with Crippen LogP contribution < -0.4 is 5.73 Å². The summed E-state index contributed by atoms with van der Waals surface area (Å²) in [6.45, 7) is 0.499. The standard InChI is InChI=1S/C14H19NO2/c1-17-13(16)9-14(10-15)8-4-6-11-5-2-3-7-12(11)14/h2-3,5,7H,4,6,8-10,15H2,1H3. The average Bonchev–Trinajstić information content (AvgIpc) is 2.39. The zero-order chi connectivity index (χ0) is 12.3. The van der Waals surface area contributed by atoms with Crippen LogP contribution in [0.5, 0.6) is 0 Å². The number of fused-ring (bicyclic) bond motifs is 1. The molecule has 1 aliphatic rings. The summed E-state index contributed by atoms with van der Waals surface area (Å²) in [6.07, 6.45) is 3.52. The SMILES string of the molecule is COC(=O)CC1(CN)CCCc2ccccc21. The molecule has 1 aromatic carbocycles. The molecular weight excluding hydrogens is 214 g/mol. The zero-order valence-electron chi connectivity index (χ0n) is 10.2. The normalized spacial score (nSPS) is 22.9. The van der Waals surface area contributed by atoms with Crippen molar-refractivity contribution in [2.75, 3.05) is 13.7 Å². The van der Waals surface area contributed by atoms with E-state index in [9.17, 15) is 4.79 Å². The van der Waals surface area contributed by atoms with Gasteiger partial charge in [0, 0.05) is 12.0 Å². The van der Waals surface area contributed by atoms with E-state index >= 15 is 0 Å². The van der Waals surface area contributed by atoms with Crippen LogP contribution in [0.25, 0.3) is 0 Å². The quantitative estimate of drug-likeness (QED) is 0.810. The fraction of sp³-hybridized carbons (Fsp3) is 0.500. The summed E-state index contributed by atoms with van der Waals surface area (Å²) in [5, 5.41) is 0. The summed E-state index contributed by atoms with van der Waals surface area (Å²) in [6, 6.07) is 8.30. The summed E-state index contributed by atoms with van der Waals surface area (Å²) in [5.41, 5.74) is 8.29. The first-order valence-electron chi connectivity index (χ1n) is 6.07. The van der Waals surface area contributed by atoms with Gasteiger partial charge in [0.25, 0.3) is 0 Å². The third-order valence-electron chi connectivity index (χ3n) is 3.79. The lowest BCUT2D eigenvalue weighted by molar-refractivity contribution is -0.142. The largest absolute Gasteiger partial charge is 0.469 e. The molecule has 1 unspecified atom stereocenters. The van der Waals surface area contributed by atoms with Gasteiger partial charge in [0.1, 0.15) is 0 Å². The highest BCUT2D eigenvalue weighted by molar-refractivity contribution is 5.71. The Hall–Kier alpha value is -1.35. The van der Waals surface area contributed by atoms with Crippen molar-refractivity contribution < 1.29 is 9.53 Å². The van der Waals surface area contributed by atoms with Crippen molar-refractivity contribution in [2.45, 2.75) is 31.1 Å². The molecule has 0 saturated carbocycles. The molecule has 2 rings (SSSR count). The Kier molecular flexibility index (Phi) is 3.48. The van der Waals surface area contributed by atoms with Gasteiger partial charge in [-0.05, 0) is 30.4 Å². The van der Waals surface area contributed by atoms with E-state index in [4.69, 9.17) is 10.5 Å². The number of aryl methyl sites for hydroxylation is 1. The van der Waals surface area contributed by atoms with Gasteiger partial charge in [-0.1, -0.05) is 24.3 Å². The topological polar surface area (TPSA) is 52.3 Å². The highest BCUT2D eigenvalue weighted by atomic mass is 16.5. The summed E-state index contributed by atoms with van der Waals surface area (Å²) >= 11 is 0. The van der Waals surface area contributed by atoms with E-state index in [-0.39, 0.29) is 11.4 Å². The number of esters is 1. The second-order valence-corrected chi connectivity index (χ2v) is 4.75. The van der Waals surface area contributed by atoms with Crippen molar-refractivity contribution in [1.82, 2.24) is 0 Å². The van der Waals surface area contributed by atoms with E-state index in [0.29, 0.717) is 13.0 Å². The molecule has 0 saturated heterocycles. The lowest BCUT2D eigenvalue weighted by Crippen LogP contribution is -2.40. The molecule has 1 aliphatic carbocycles. The van der Waals surface area contributed by atoms with Crippen LogP contribution in [0, 0.1) is 0 Å². The molecule has 1 atom stereocenters. The molecule has 0 aliphatic heterocycles. The van der Waals surface area contributed by atoms with Gasteiger partial charge in [0.15, 0.2) is 0 Å². The van der Waals surface area contributed by atoms with Gasteiger partial charge in [0.2, 0.25) is 0 Å². The van der Waals surface area contributed by atoms with Crippen molar-refractivity contribution in [1.29, 1.82) is 0 Å². The minimum absolute atomic E-state index is 0.174. The first kappa shape index (κ1) is 12.1. The predicted molar refractivity (Wildman–Crippen MR) is 66.7 cm³/mol. The molecular formula is C14H19NO2. The van der Waals surface area contributed by atoms with E-state index in [1.807, 2.05) is 12.1 Å². The number of rotatable bonds is 3. The molecule has 3 nitrogen and oxygen atoms in total. The summed E-state index contributed by atoms with van der Waals surface area (Å²) in [5.74, 6) is -0.174. The van der Waals surface area contributed by atoms with Gasteiger partial charge in [-0.3, -0.25) is 4.79 Å². The van der Waals surface area contributed by atoms with Crippen molar-refractivity contribution in [3.8, 4) is 0 Å². The molecule has 3 heteroatoms. The molecule has 17 heavy (non-hydrogen) atoms. The van der Waals surface area contributed by atoms with Gasteiger partial charge in [-0.25, -0.2) is 0 Å². The van der Waals surface area contributed by atoms with Gasteiger partial charge >= 0.3 is 5.97 Å². The first-order valence-corrected chi connectivity index (χ1v) is 6.07. The maximum Gasteiger partial charge on any atom is 0.306 e. The summed E-state index contributed by atoms with van der Waals surface area (Å²) < 4.78 is 4.80. The minimum Gasteiger partial charge on any atom is -0.469 e. The van der Waals surface area contributed by atoms with Gasteiger partial charge in [0.05, 0.1) is 13.5 Å². The van der Waals surface area contributed by atoms with Crippen molar-refractivity contribution >= 4 is 5.97 Å². The number of benzene rings is 1. The Labute approximate surface area is 102 Å². The van der Waals surface area contributed by atoms with Gasteiger partial charge in [-0.2, -0.15) is 0 Å². The number of nitrogens with two attached hydrogens (primary N) is 1. The molecule has 0 aromatic heterocycles. The van der Waals surface area contributed by atoms with Crippen molar-refractivity contribution in [3.05, 3.63) is 35.4 Å². The maximum atomic E-state index is 11.6. The fourth-order valence-corrected chi connectivity index (χ4v) is 2.82. The monoisotopic (exact) mass is 233 g/mol. The Balaban J connectivity index is 2.38. The maximum absolute atomic E-state index is 11.6. The number of carbonyl (C=O) groups is 1. The Bertz CT molecular complexity index is 416. The van der Waals surface area contributed by atoms with E-state index in [1.165, 1.54) is 18.2 Å². The number of carbonyl (C=O) groups excluding carboxylic acids is 1. The zero-order valence-corrected chi connectivity index (χ0v) is 10.2. The van der Waals surface area contributed by atoms with Crippen molar-refractivity contribution in [2.24, 2.45) is 5.73 Å². The van der Waals surface area contributed by atoms with E-state index in [2.05, 4.69) is 12.1 Å². The first-order chi connectivity index (χ1) is 8.22. The van der Waals surface area contributed by atoms with Crippen LogP contribution in [-0.4, -0.2) is 19.6 Å². The van der Waals surface area contributed by atoms with Crippen LogP contribution >= 0.6 is 0 Å². The number of hydrogen-bond donors (Lipinski definition) is 1. The second-order valence-electron chi connectivity index (χ2n) is 4.75. The van der Waals surface area contributed by atoms with Crippen LogP contribution in [0.1, 0.15) is 30.4 Å². The third-order valence-corrected chi connectivity index (χ3v) is 3.79. The van der Waals surface area contributed by atoms with Crippen LogP contribution in [0.3, 0.4) is 0 Å². The molecule has 1 aromatic rings.